The molecule has 2 aromatic heterocycles. The van der Waals surface area contributed by atoms with Crippen LogP contribution in [0.15, 0.2) is 39.4 Å². The maximum Gasteiger partial charge on any atom is 0.118 e. The topological polar surface area (TPSA) is 64.3 Å². The first-order valence-electron chi connectivity index (χ1n) is 4.89. The lowest BCUT2D eigenvalue weighted by Crippen LogP contribution is -2.11. The van der Waals surface area contributed by atoms with Crippen molar-refractivity contribution in [1.29, 1.82) is 0 Å². The number of nitrogens with two attached hydrogens (primary N) is 1. The number of furan rings is 2. The zero-order valence-electron chi connectivity index (χ0n) is 8.40. The Hall–Kier alpha value is -1.52. The van der Waals surface area contributed by atoms with Crippen molar-refractivity contribution in [3.63, 3.8) is 0 Å². The van der Waals surface area contributed by atoms with E-state index in [9.17, 15) is 0 Å². The molecule has 0 saturated heterocycles. The highest BCUT2D eigenvalue weighted by atomic mass is 16.3. The molecule has 3 N–H and O–H groups in total. The number of rotatable bonds is 5. The fourth-order valence-electron chi connectivity index (χ4n) is 1.35. The Morgan fingerprint density at radius 1 is 1.07 bits per heavy atom. The molecule has 4 nitrogen and oxygen atoms in total. The van der Waals surface area contributed by atoms with Crippen LogP contribution in [0.2, 0.25) is 0 Å². The second-order valence-corrected chi connectivity index (χ2v) is 3.26. The molecule has 0 amide bonds. The van der Waals surface area contributed by atoms with E-state index in [2.05, 4.69) is 5.32 Å². The average molecular weight is 206 g/mol. The van der Waals surface area contributed by atoms with E-state index in [4.69, 9.17) is 14.6 Å². The molecule has 0 aliphatic rings. The first-order valence-corrected chi connectivity index (χ1v) is 4.89. The molecule has 0 fully saturated rings. The first kappa shape index (κ1) is 10.0. The maximum atomic E-state index is 5.44. The largest absolute Gasteiger partial charge is 0.468 e. The van der Waals surface area contributed by atoms with Crippen LogP contribution in [-0.4, -0.2) is 0 Å². The molecule has 0 saturated carbocycles. The van der Waals surface area contributed by atoms with Gasteiger partial charge in [-0.25, -0.2) is 0 Å². The summed E-state index contributed by atoms with van der Waals surface area (Å²) >= 11 is 0. The Balaban J connectivity index is 1.78. The van der Waals surface area contributed by atoms with E-state index in [0.29, 0.717) is 19.6 Å². The predicted octanol–water partition coefficient (Wildman–Crippen LogP) is 1.62. The van der Waals surface area contributed by atoms with Gasteiger partial charge in [0.05, 0.1) is 25.9 Å². The van der Waals surface area contributed by atoms with Gasteiger partial charge in [-0.3, -0.25) is 0 Å². The Morgan fingerprint density at radius 2 is 1.87 bits per heavy atom. The van der Waals surface area contributed by atoms with Gasteiger partial charge < -0.3 is 19.9 Å². The molecule has 0 aliphatic heterocycles. The Labute approximate surface area is 88.1 Å². The zero-order chi connectivity index (χ0) is 10.5. The summed E-state index contributed by atoms with van der Waals surface area (Å²) in [5.74, 6) is 2.62. The van der Waals surface area contributed by atoms with Gasteiger partial charge in [-0.05, 0) is 24.3 Å². The SMILES string of the molecule is NCc1ccc(CNCc2ccco2)o1. The van der Waals surface area contributed by atoms with E-state index in [0.717, 1.165) is 17.3 Å². The summed E-state index contributed by atoms with van der Waals surface area (Å²) in [6.07, 6.45) is 1.66. The van der Waals surface area contributed by atoms with Crippen molar-refractivity contribution in [1.82, 2.24) is 5.32 Å². The molecule has 2 aromatic rings. The fourth-order valence-corrected chi connectivity index (χ4v) is 1.35. The molecule has 0 aromatic carbocycles. The van der Waals surface area contributed by atoms with Crippen molar-refractivity contribution in [2.45, 2.75) is 19.6 Å². The lowest BCUT2D eigenvalue weighted by atomic mass is 10.4. The summed E-state index contributed by atoms with van der Waals surface area (Å²) in [5, 5.41) is 3.21. The van der Waals surface area contributed by atoms with Crippen LogP contribution in [0.5, 0.6) is 0 Å². The van der Waals surface area contributed by atoms with E-state index in [-0.39, 0.29) is 0 Å². The molecule has 0 spiro atoms. The standard InChI is InChI=1S/C11H14N2O2/c12-6-9-3-4-11(15-9)8-13-7-10-2-1-5-14-10/h1-5,13H,6-8,12H2. The van der Waals surface area contributed by atoms with Crippen molar-refractivity contribution in [2.75, 3.05) is 0 Å². The predicted molar refractivity (Wildman–Crippen MR) is 55.9 cm³/mol. The van der Waals surface area contributed by atoms with Crippen LogP contribution >= 0.6 is 0 Å². The summed E-state index contributed by atoms with van der Waals surface area (Å²) in [4.78, 5) is 0. The smallest absolute Gasteiger partial charge is 0.118 e. The van der Waals surface area contributed by atoms with Gasteiger partial charge in [0.2, 0.25) is 0 Å². The normalized spacial score (nSPS) is 10.7. The van der Waals surface area contributed by atoms with Crippen LogP contribution in [0.25, 0.3) is 0 Å². The molecule has 0 atom stereocenters. The number of hydrogen-bond acceptors (Lipinski definition) is 4. The monoisotopic (exact) mass is 206 g/mol. The van der Waals surface area contributed by atoms with Gasteiger partial charge in [0.15, 0.2) is 0 Å². The fraction of sp³-hybridized carbons (Fsp3) is 0.273. The van der Waals surface area contributed by atoms with Crippen LogP contribution in [-0.2, 0) is 19.6 Å². The first-order chi connectivity index (χ1) is 7.38. The molecule has 2 heterocycles. The zero-order valence-corrected chi connectivity index (χ0v) is 8.40. The lowest BCUT2D eigenvalue weighted by molar-refractivity contribution is 0.432. The minimum atomic E-state index is 0.443. The average Bonchev–Trinajstić information content (AvgIpc) is 2.88. The van der Waals surface area contributed by atoms with Gasteiger partial charge in [0.1, 0.15) is 17.3 Å². The van der Waals surface area contributed by atoms with Crippen molar-refractivity contribution in [2.24, 2.45) is 5.73 Å². The Bertz CT molecular complexity index is 392. The van der Waals surface area contributed by atoms with Crippen LogP contribution in [0, 0.1) is 0 Å². The molecule has 15 heavy (non-hydrogen) atoms. The van der Waals surface area contributed by atoms with E-state index in [1.165, 1.54) is 0 Å². The molecule has 2 rings (SSSR count). The highest BCUT2D eigenvalue weighted by Gasteiger charge is 2.00. The van der Waals surface area contributed by atoms with E-state index >= 15 is 0 Å². The number of hydrogen-bond donors (Lipinski definition) is 2. The highest BCUT2D eigenvalue weighted by Crippen LogP contribution is 2.07. The van der Waals surface area contributed by atoms with Gasteiger partial charge in [0, 0.05) is 0 Å². The minimum Gasteiger partial charge on any atom is -0.468 e. The summed E-state index contributed by atoms with van der Waals surface area (Å²) < 4.78 is 10.6. The van der Waals surface area contributed by atoms with Gasteiger partial charge in [-0.2, -0.15) is 0 Å². The molecule has 80 valence electrons. The maximum absolute atomic E-state index is 5.44. The molecule has 0 aliphatic carbocycles. The summed E-state index contributed by atoms with van der Waals surface area (Å²) in [6, 6.07) is 7.62. The van der Waals surface area contributed by atoms with Gasteiger partial charge in [-0.15, -0.1) is 0 Å². The van der Waals surface area contributed by atoms with Crippen molar-refractivity contribution >= 4 is 0 Å². The summed E-state index contributed by atoms with van der Waals surface area (Å²) in [6.45, 7) is 1.82. The third kappa shape index (κ3) is 2.71. The summed E-state index contributed by atoms with van der Waals surface area (Å²) in [5.41, 5.74) is 5.44. The molecule has 4 heteroatoms. The highest BCUT2D eigenvalue weighted by molar-refractivity contribution is 5.07. The quantitative estimate of drug-likeness (QED) is 0.780. The molecule has 0 radical (unpaired) electrons. The molecule has 0 unspecified atom stereocenters. The molecule has 0 bridgehead atoms. The lowest BCUT2D eigenvalue weighted by Gasteiger charge is -1.99. The summed E-state index contributed by atoms with van der Waals surface area (Å²) in [7, 11) is 0. The molecular formula is C11H14N2O2. The Morgan fingerprint density at radius 3 is 2.53 bits per heavy atom. The van der Waals surface area contributed by atoms with E-state index in [1.807, 2.05) is 24.3 Å². The second kappa shape index (κ2) is 4.82. The Kier molecular flexibility index (Phi) is 3.22. The van der Waals surface area contributed by atoms with Crippen molar-refractivity contribution < 1.29 is 8.83 Å². The van der Waals surface area contributed by atoms with Crippen LogP contribution < -0.4 is 11.1 Å². The van der Waals surface area contributed by atoms with E-state index in [1.54, 1.807) is 6.26 Å². The molecular weight excluding hydrogens is 192 g/mol. The minimum absolute atomic E-state index is 0.443. The second-order valence-electron chi connectivity index (χ2n) is 3.26. The van der Waals surface area contributed by atoms with Crippen molar-refractivity contribution in [3.05, 3.63) is 47.8 Å². The number of nitrogens with one attached hydrogen (secondary N) is 1. The van der Waals surface area contributed by atoms with Gasteiger partial charge >= 0.3 is 0 Å². The van der Waals surface area contributed by atoms with Crippen molar-refractivity contribution in [3.8, 4) is 0 Å². The van der Waals surface area contributed by atoms with Gasteiger partial charge in [0.25, 0.3) is 0 Å². The van der Waals surface area contributed by atoms with Gasteiger partial charge in [-0.1, -0.05) is 0 Å². The van der Waals surface area contributed by atoms with Crippen LogP contribution in [0.4, 0.5) is 0 Å². The third-order valence-electron chi connectivity index (χ3n) is 2.10. The third-order valence-corrected chi connectivity index (χ3v) is 2.10. The van der Waals surface area contributed by atoms with E-state index < -0.39 is 0 Å². The van der Waals surface area contributed by atoms with Crippen LogP contribution in [0.1, 0.15) is 17.3 Å². The van der Waals surface area contributed by atoms with Crippen LogP contribution in [0.3, 0.4) is 0 Å².